The molecule has 96 valence electrons. The number of halogens is 3. The summed E-state index contributed by atoms with van der Waals surface area (Å²) in [4.78, 5) is 0. The first-order valence-corrected chi connectivity index (χ1v) is 5.56. The van der Waals surface area contributed by atoms with E-state index in [1.807, 2.05) is 25.1 Å². The number of hydrogen-bond donors (Lipinski definition) is 0. The predicted molar refractivity (Wildman–Crippen MR) is 65.0 cm³/mol. The highest BCUT2D eigenvalue weighted by atomic mass is 19.4. The van der Waals surface area contributed by atoms with Gasteiger partial charge in [0.15, 0.2) is 6.61 Å². The molecular formula is C14H13F3O. The lowest BCUT2D eigenvalue weighted by atomic mass is 10.0. The Morgan fingerprint density at radius 3 is 2.44 bits per heavy atom. The van der Waals surface area contributed by atoms with Crippen LogP contribution in [0, 0.1) is 13.8 Å². The summed E-state index contributed by atoms with van der Waals surface area (Å²) in [5.74, 6) is 0.310. The quantitative estimate of drug-likeness (QED) is 0.771. The van der Waals surface area contributed by atoms with Crippen molar-refractivity contribution in [2.75, 3.05) is 6.61 Å². The van der Waals surface area contributed by atoms with Crippen LogP contribution in [0.25, 0.3) is 10.8 Å². The van der Waals surface area contributed by atoms with Gasteiger partial charge in [-0.05, 0) is 24.8 Å². The Bertz CT molecular complexity index is 573. The van der Waals surface area contributed by atoms with Crippen molar-refractivity contribution < 1.29 is 17.9 Å². The maximum atomic E-state index is 12.2. The van der Waals surface area contributed by atoms with E-state index in [0.717, 1.165) is 10.9 Å². The number of aryl methyl sites for hydroxylation is 2. The monoisotopic (exact) mass is 254 g/mol. The number of rotatable bonds is 2. The van der Waals surface area contributed by atoms with Gasteiger partial charge in [0, 0.05) is 5.39 Å². The van der Waals surface area contributed by atoms with Crippen LogP contribution >= 0.6 is 0 Å². The van der Waals surface area contributed by atoms with E-state index in [-0.39, 0.29) is 0 Å². The van der Waals surface area contributed by atoms with Gasteiger partial charge in [0.2, 0.25) is 0 Å². The third kappa shape index (κ3) is 2.75. The van der Waals surface area contributed by atoms with Crippen LogP contribution < -0.4 is 4.74 Å². The fourth-order valence-corrected chi connectivity index (χ4v) is 1.88. The molecule has 0 spiro atoms. The van der Waals surface area contributed by atoms with Crippen LogP contribution in [0.3, 0.4) is 0 Å². The lowest BCUT2D eigenvalue weighted by Gasteiger charge is -2.14. The maximum absolute atomic E-state index is 12.2. The summed E-state index contributed by atoms with van der Waals surface area (Å²) in [5, 5.41) is 1.60. The second-order valence-corrected chi connectivity index (χ2v) is 4.34. The zero-order valence-corrected chi connectivity index (χ0v) is 10.1. The number of ether oxygens (including phenoxy) is 1. The first kappa shape index (κ1) is 12.7. The molecule has 0 atom stereocenters. The fourth-order valence-electron chi connectivity index (χ4n) is 1.88. The standard InChI is InChI=1S/C14H13F3O/c1-9-3-6-12-11(7-9)5-4-10(2)13(12)18-8-14(15,16)17/h3-7H,8H2,1-2H3. The molecule has 2 aromatic rings. The fraction of sp³-hybridized carbons (Fsp3) is 0.286. The van der Waals surface area contributed by atoms with Crippen molar-refractivity contribution in [1.82, 2.24) is 0 Å². The molecule has 18 heavy (non-hydrogen) atoms. The molecular weight excluding hydrogens is 241 g/mol. The highest BCUT2D eigenvalue weighted by Gasteiger charge is 2.29. The molecule has 1 nitrogen and oxygen atoms in total. The molecule has 0 unspecified atom stereocenters. The van der Waals surface area contributed by atoms with Gasteiger partial charge in [-0.2, -0.15) is 13.2 Å². The highest BCUT2D eigenvalue weighted by Crippen LogP contribution is 2.31. The van der Waals surface area contributed by atoms with Crippen molar-refractivity contribution >= 4 is 10.8 Å². The molecule has 0 radical (unpaired) electrons. The Morgan fingerprint density at radius 1 is 1.06 bits per heavy atom. The summed E-state index contributed by atoms with van der Waals surface area (Å²) in [7, 11) is 0. The molecule has 0 aromatic heterocycles. The minimum absolute atomic E-state index is 0.310. The molecule has 0 saturated carbocycles. The van der Waals surface area contributed by atoms with E-state index in [4.69, 9.17) is 4.74 Å². The van der Waals surface area contributed by atoms with Crippen molar-refractivity contribution in [2.45, 2.75) is 20.0 Å². The van der Waals surface area contributed by atoms with Gasteiger partial charge in [0.05, 0.1) is 0 Å². The summed E-state index contributed by atoms with van der Waals surface area (Å²) in [6.07, 6.45) is -4.32. The number of alkyl halides is 3. The lowest BCUT2D eigenvalue weighted by molar-refractivity contribution is -0.153. The number of fused-ring (bicyclic) bond motifs is 1. The van der Waals surface area contributed by atoms with Crippen LogP contribution in [-0.2, 0) is 0 Å². The summed E-state index contributed by atoms with van der Waals surface area (Å²) >= 11 is 0. The third-order valence-corrected chi connectivity index (χ3v) is 2.70. The number of benzene rings is 2. The van der Waals surface area contributed by atoms with Gasteiger partial charge < -0.3 is 4.74 Å². The van der Waals surface area contributed by atoms with E-state index < -0.39 is 12.8 Å². The van der Waals surface area contributed by atoms with Gasteiger partial charge in [-0.3, -0.25) is 0 Å². The van der Waals surface area contributed by atoms with Crippen LogP contribution in [0.2, 0.25) is 0 Å². The van der Waals surface area contributed by atoms with E-state index in [0.29, 0.717) is 16.7 Å². The zero-order chi connectivity index (χ0) is 13.3. The molecule has 0 amide bonds. The Labute approximate surface area is 103 Å². The van der Waals surface area contributed by atoms with Gasteiger partial charge in [0.25, 0.3) is 0 Å². The van der Waals surface area contributed by atoms with E-state index >= 15 is 0 Å². The average molecular weight is 254 g/mol. The topological polar surface area (TPSA) is 9.23 Å². The first-order chi connectivity index (χ1) is 8.37. The molecule has 2 aromatic carbocycles. The van der Waals surface area contributed by atoms with Gasteiger partial charge in [0.1, 0.15) is 5.75 Å². The minimum atomic E-state index is -4.32. The molecule has 0 bridgehead atoms. The Balaban J connectivity index is 2.45. The maximum Gasteiger partial charge on any atom is 0.422 e. The molecule has 0 aliphatic heterocycles. The summed E-state index contributed by atoms with van der Waals surface area (Å²) in [6.45, 7) is 2.42. The van der Waals surface area contributed by atoms with Gasteiger partial charge in [-0.15, -0.1) is 0 Å². The Morgan fingerprint density at radius 2 is 1.78 bits per heavy atom. The largest absolute Gasteiger partial charge is 0.483 e. The van der Waals surface area contributed by atoms with Crippen LogP contribution in [0.5, 0.6) is 5.75 Å². The smallest absolute Gasteiger partial charge is 0.422 e. The molecule has 2 rings (SSSR count). The Hall–Kier alpha value is -1.71. The Kier molecular flexibility index (Phi) is 3.20. The number of hydrogen-bond acceptors (Lipinski definition) is 1. The van der Waals surface area contributed by atoms with Gasteiger partial charge in [-0.1, -0.05) is 35.9 Å². The predicted octanol–water partition coefficient (Wildman–Crippen LogP) is 4.40. The van der Waals surface area contributed by atoms with E-state index in [1.165, 1.54) is 0 Å². The zero-order valence-electron chi connectivity index (χ0n) is 10.1. The summed E-state index contributed by atoms with van der Waals surface area (Å²) < 4.78 is 41.6. The van der Waals surface area contributed by atoms with Crippen LogP contribution in [0.15, 0.2) is 30.3 Å². The third-order valence-electron chi connectivity index (χ3n) is 2.70. The molecule has 4 heteroatoms. The molecule has 0 fully saturated rings. The van der Waals surface area contributed by atoms with Crippen LogP contribution in [0.1, 0.15) is 11.1 Å². The average Bonchev–Trinajstić information content (AvgIpc) is 2.26. The van der Waals surface area contributed by atoms with Crippen LogP contribution in [0.4, 0.5) is 13.2 Å². The highest BCUT2D eigenvalue weighted by molar-refractivity contribution is 5.90. The van der Waals surface area contributed by atoms with Crippen LogP contribution in [-0.4, -0.2) is 12.8 Å². The summed E-state index contributed by atoms with van der Waals surface area (Å²) in [6, 6.07) is 9.24. The van der Waals surface area contributed by atoms with E-state index in [2.05, 4.69) is 0 Å². The molecule has 0 aliphatic rings. The van der Waals surface area contributed by atoms with Gasteiger partial charge in [-0.25, -0.2) is 0 Å². The molecule has 0 N–H and O–H groups in total. The van der Waals surface area contributed by atoms with Gasteiger partial charge >= 0.3 is 6.18 Å². The molecule has 0 aliphatic carbocycles. The van der Waals surface area contributed by atoms with Crippen molar-refractivity contribution in [3.8, 4) is 5.75 Å². The van der Waals surface area contributed by atoms with Crippen molar-refractivity contribution in [3.63, 3.8) is 0 Å². The van der Waals surface area contributed by atoms with E-state index in [9.17, 15) is 13.2 Å². The first-order valence-electron chi connectivity index (χ1n) is 5.56. The molecule has 0 heterocycles. The van der Waals surface area contributed by atoms with Crippen molar-refractivity contribution in [2.24, 2.45) is 0 Å². The molecule has 0 saturated heterocycles. The second kappa shape index (κ2) is 4.52. The lowest BCUT2D eigenvalue weighted by Crippen LogP contribution is -2.19. The van der Waals surface area contributed by atoms with Crippen molar-refractivity contribution in [3.05, 3.63) is 41.5 Å². The second-order valence-electron chi connectivity index (χ2n) is 4.34. The van der Waals surface area contributed by atoms with E-state index in [1.54, 1.807) is 19.1 Å². The minimum Gasteiger partial charge on any atom is -0.483 e. The SMILES string of the molecule is Cc1ccc2c(OCC(F)(F)F)c(C)ccc2c1. The summed E-state index contributed by atoms with van der Waals surface area (Å²) in [5.41, 5.74) is 1.77. The van der Waals surface area contributed by atoms with Crippen molar-refractivity contribution in [1.29, 1.82) is 0 Å². The normalized spacial score (nSPS) is 11.8.